The Morgan fingerprint density at radius 2 is 2.24 bits per heavy atom. The van der Waals surface area contributed by atoms with Gasteiger partial charge in [-0.05, 0) is 60.8 Å². The van der Waals surface area contributed by atoms with Crippen LogP contribution in [0, 0.1) is 0 Å². The molecular formula is C13H17BrClNO. The second kappa shape index (κ2) is 5.17. The number of rotatable bonds is 2. The minimum atomic E-state index is -0.0329. The molecule has 1 aliphatic rings. The third-order valence-corrected chi connectivity index (χ3v) is 3.88. The summed E-state index contributed by atoms with van der Waals surface area (Å²) in [5.74, 6) is 0. The fourth-order valence-electron chi connectivity index (χ4n) is 2.18. The molecule has 2 rings (SSSR count). The van der Waals surface area contributed by atoms with Crippen LogP contribution in [0.3, 0.4) is 0 Å². The summed E-state index contributed by atoms with van der Waals surface area (Å²) in [6, 6.07) is 6.28. The molecule has 0 spiro atoms. The van der Waals surface area contributed by atoms with E-state index in [0.29, 0.717) is 6.04 Å². The van der Waals surface area contributed by atoms with Gasteiger partial charge in [0, 0.05) is 27.8 Å². The standard InChI is InChI=1S/C13H17BrClNO/c1-13(2)8-10(5-6-17-13)16-12-4-3-9(15)7-11(12)14/h3-4,7,10,16H,5-6,8H2,1-2H3. The van der Waals surface area contributed by atoms with Crippen LogP contribution in [0.25, 0.3) is 0 Å². The van der Waals surface area contributed by atoms with Gasteiger partial charge in [-0.15, -0.1) is 0 Å². The predicted octanol–water partition coefficient (Wildman–Crippen LogP) is 4.47. The molecule has 0 aromatic heterocycles. The van der Waals surface area contributed by atoms with Crippen LogP contribution in [0.2, 0.25) is 5.02 Å². The summed E-state index contributed by atoms with van der Waals surface area (Å²) >= 11 is 9.45. The van der Waals surface area contributed by atoms with Gasteiger partial charge in [-0.2, -0.15) is 0 Å². The van der Waals surface area contributed by atoms with E-state index in [-0.39, 0.29) is 5.60 Å². The molecule has 1 atom stereocenters. The summed E-state index contributed by atoms with van der Waals surface area (Å²) in [6.45, 7) is 5.09. The molecule has 0 saturated carbocycles. The molecule has 17 heavy (non-hydrogen) atoms. The Bertz CT molecular complexity index is 408. The zero-order valence-electron chi connectivity index (χ0n) is 10.1. The molecule has 2 nitrogen and oxygen atoms in total. The minimum Gasteiger partial charge on any atom is -0.381 e. The van der Waals surface area contributed by atoms with Crippen molar-refractivity contribution in [1.29, 1.82) is 0 Å². The van der Waals surface area contributed by atoms with Gasteiger partial charge in [-0.3, -0.25) is 0 Å². The Kier molecular flexibility index (Phi) is 4.01. The highest BCUT2D eigenvalue weighted by molar-refractivity contribution is 9.10. The molecule has 0 bridgehead atoms. The van der Waals surface area contributed by atoms with Gasteiger partial charge in [-0.1, -0.05) is 11.6 Å². The Balaban J connectivity index is 2.05. The van der Waals surface area contributed by atoms with Crippen molar-refractivity contribution in [1.82, 2.24) is 0 Å². The van der Waals surface area contributed by atoms with Crippen LogP contribution in [-0.4, -0.2) is 18.2 Å². The summed E-state index contributed by atoms with van der Waals surface area (Å²) in [4.78, 5) is 0. The van der Waals surface area contributed by atoms with Crippen LogP contribution in [-0.2, 0) is 4.74 Å². The monoisotopic (exact) mass is 317 g/mol. The fraction of sp³-hybridized carbons (Fsp3) is 0.538. The lowest BCUT2D eigenvalue weighted by Crippen LogP contribution is -2.40. The van der Waals surface area contributed by atoms with Crippen molar-refractivity contribution < 1.29 is 4.74 Å². The molecule has 1 aliphatic heterocycles. The molecule has 1 fully saturated rings. The van der Waals surface area contributed by atoms with Crippen LogP contribution in [0.1, 0.15) is 26.7 Å². The second-order valence-electron chi connectivity index (χ2n) is 5.07. The number of hydrogen-bond acceptors (Lipinski definition) is 2. The maximum Gasteiger partial charge on any atom is 0.0646 e. The quantitative estimate of drug-likeness (QED) is 0.868. The van der Waals surface area contributed by atoms with E-state index < -0.39 is 0 Å². The van der Waals surface area contributed by atoms with E-state index >= 15 is 0 Å². The number of hydrogen-bond donors (Lipinski definition) is 1. The summed E-state index contributed by atoms with van der Waals surface area (Å²) in [5, 5.41) is 4.29. The van der Waals surface area contributed by atoms with E-state index in [0.717, 1.165) is 34.6 Å². The number of anilines is 1. The lowest BCUT2D eigenvalue weighted by molar-refractivity contribution is -0.0553. The largest absolute Gasteiger partial charge is 0.381 e. The van der Waals surface area contributed by atoms with E-state index in [4.69, 9.17) is 16.3 Å². The van der Waals surface area contributed by atoms with Crippen LogP contribution in [0.5, 0.6) is 0 Å². The van der Waals surface area contributed by atoms with E-state index in [2.05, 4.69) is 35.1 Å². The number of benzene rings is 1. The first-order valence-electron chi connectivity index (χ1n) is 5.82. The third kappa shape index (κ3) is 3.60. The van der Waals surface area contributed by atoms with Crippen molar-refractivity contribution in [2.24, 2.45) is 0 Å². The Morgan fingerprint density at radius 3 is 2.88 bits per heavy atom. The maximum atomic E-state index is 5.93. The lowest BCUT2D eigenvalue weighted by Gasteiger charge is -2.36. The zero-order valence-corrected chi connectivity index (χ0v) is 12.4. The molecule has 0 amide bonds. The smallest absolute Gasteiger partial charge is 0.0646 e. The SMILES string of the molecule is CC1(C)CC(Nc2ccc(Cl)cc2Br)CCO1. The maximum absolute atomic E-state index is 5.93. The fourth-order valence-corrected chi connectivity index (χ4v) is 2.98. The molecule has 4 heteroatoms. The molecule has 94 valence electrons. The highest BCUT2D eigenvalue weighted by Gasteiger charge is 2.28. The molecule has 1 aromatic rings. The van der Waals surface area contributed by atoms with Gasteiger partial charge in [-0.25, -0.2) is 0 Å². The van der Waals surface area contributed by atoms with Gasteiger partial charge in [0.2, 0.25) is 0 Å². The molecule has 1 saturated heterocycles. The highest BCUT2D eigenvalue weighted by Crippen LogP contribution is 2.30. The summed E-state index contributed by atoms with van der Waals surface area (Å²) in [7, 11) is 0. The van der Waals surface area contributed by atoms with Crippen LogP contribution in [0.15, 0.2) is 22.7 Å². The van der Waals surface area contributed by atoms with E-state index in [1.54, 1.807) is 0 Å². The van der Waals surface area contributed by atoms with Gasteiger partial charge in [0.15, 0.2) is 0 Å². The molecule has 0 radical (unpaired) electrons. The molecule has 1 aromatic carbocycles. The molecule has 1 unspecified atom stereocenters. The van der Waals surface area contributed by atoms with Gasteiger partial charge in [0.05, 0.1) is 5.60 Å². The summed E-state index contributed by atoms with van der Waals surface area (Å²) in [5.41, 5.74) is 1.06. The van der Waals surface area contributed by atoms with Crippen molar-refractivity contribution in [3.05, 3.63) is 27.7 Å². The first kappa shape index (κ1) is 13.2. The molecule has 0 aliphatic carbocycles. The topological polar surface area (TPSA) is 21.3 Å². The molecular weight excluding hydrogens is 302 g/mol. The van der Waals surface area contributed by atoms with E-state index in [1.165, 1.54) is 0 Å². The normalized spacial score (nSPS) is 23.4. The van der Waals surface area contributed by atoms with Gasteiger partial charge in [0.25, 0.3) is 0 Å². The van der Waals surface area contributed by atoms with Crippen molar-refractivity contribution >= 4 is 33.2 Å². The van der Waals surface area contributed by atoms with Gasteiger partial charge >= 0.3 is 0 Å². The predicted molar refractivity (Wildman–Crippen MR) is 75.8 cm³/mol. The van der Waals surface area contributed by atoms with Crippen molar-refractivity contribution in [2.45, 2.75) is 38.3 Å². The van der Waals surface area contributed by atoms with Crippen molar-refractivity contribution in [3.8, 4) is 0 Å². The lowest BCUT2D eigenvalue weighted by atomic mass is 9.94. The Labute approximate surface area is 116 Å². The average molecular weight is 319 g/mol. The summed E-state index contributed by atoms with van der Waals surface area (Å²) < 4.78 is 6.72. The first-order valence-corrected chi connectivity index (χ1v) is 6.99. The van der Waals surface area contributed by atoms with Crippen LogP contribution in [0.4, 0.5) is 5.69 Å². The third-order valence-electron chi connectivity index (χ3n) is 2.99. The Morgan fingerprint density at radius 1 is 1.47 bits per heavy atom. The van der Waals surface area contributed by atoms with Crippen molar-refractivity contribution in [2.75, 3.05) is 11.9 Å². The number of nitrogens with one attached hydrogen (secondary N) is 1. The first-order chi connectivity index (χ1) is 7.96. The second-order valence-corrected chi connectivity index (χ2v) is 6.36. The average Bonchev–Trinajstić information content (AvgIpc) is 2.21. The van der Waals surface area contributed by atoms with Gasteiger partial charge in [0.1, 0.15) is 0 Å². The van der Waals surface area contributed by atoms with Crippen LogP contribution >= 0.6 is 27.5 Å². The van der Waals surface area contributed by atoms with Crippen molar-refractivity contribution in [3.63, 3.8) is 0 Å². The van der Waals surface area contributed by atoms with Crippen LogP contribution < -0.4 is 5.32 Å². The number of halogens is 2. The van der Waals surface area contributed by atoms with Gasteiger partial charge < -0.3 is 10.1 Å². The highest BCUT2D eigenvalue weighted by atomic mass is 79.9. The number of ether oxygens (including phenoxy) is 1. The zero-order chi connectivity index (χ0) is 12.5. The minimum absolute atomic E-state index is 0.0329. The summed E-state index contributed by atoms with van der Waals surface area (Å²) in [6.07, 6.45) is 2.06. The Hall–Kier alpha value is -0.250. The molecule has 1 N–H and O–H groups in total. The van der Waals surface area contributed by atoms with E-state index in [1.807, 2.05) is 18.2 Å². The van der Waals surface area contributed by atoms with E-state index in [9.17, 15) is 0 Å². The molecule has 1 heterocycles.